The van der Waals surface area contributed by atoms with Crippen molar-refractivity contribution in [2.75, 3.05) is 37.6 Å². The van der Waals surface area contributed by atoms with Gasteiger partial charge in [0.2, 0.25) is 0 Å². The number of aryl methyl sites for hydroxylation is 1. The molecule has 0 aliphatic carbocycles. The summed E-state index contributed by atoms with van der Waals surface area (Å²) in [6, 6.07) is 9.12. The van der Waals surface area contributed by atoms with Crippen molar-refractivity contribution in [3.8, 4) is 29.0 Å². The lowest BCUT2D eigenvalue weighted by Crippen LogP contribution is -2.48. The quantitative estimate of drug-likeness (QED) is 0.141. The summed E-state index contributed by atoms with van der Waals surface area (Å²) in [6.45, 7) is 0.690. The van der Waals surface area contributed by atoms with Crippen molar-refractivity contribution in [3.05, 3.63) is 85.4 Å². The Balaban J connectivity index is 1.39. The Hall–Kier alpha value is -5.16. The fraction of sp³-hybridized carbons (Fsp3) is 0.286. The zero-order chi connectivity index (χ0) is 37.5. The summed E-state index contributed by atoms with van der Waals surface area (Å²) in [5.74, 6) is 4.83. The number of hydrogen-bond donors (Lipinski definition) is 1. The summed E-state index contributed by atoms with van der Waals surface area (Å²) in [5.41, 5.74) is -1.34. The molecule has 0 radical (unpaired) electrons. The van der Waals surface area contributed by atoms with Crippen LogP contribution in [0.1, 0.15) is 39.3 Å². The molecular weight excluding hydrogens is 734 g/mol. The minimum absolute atomic E-state index is 0.0210. The van der Waals surface area contributed by atoms with Gasteiger partial charge >= 0.3 is 18.3 Å². The summed E-state index contributed by atoms with van der Waals surface area (Å²) >= 11 is 7.52. The molecule has 268 valence electrons. The molecule has 5 aromatic rings. The number of fused-ring (bicyclic) bond motifs is 2. The normalized spacial score (nSPS) is 14.0. The Kier molecular flexibility index (Phi) is 9.93. The number of carboxylic acids is 1. The lowest BCUT2D eigenvalue weighted by Gasteiger charge is -2.37. The number of rotatable bonds is 6. The molecule has 4 heterocycles. The Morgan fingerprint density at radius 2 is 1.81 bits per heavy atom. The van der Waals surface area contributed by atoms with Gasteiger partial charge in [-0.1, -0.05) is 23.4 Å². The first-order chi connectivity index (χ1) is 24.6. The van der Waals surface area contributed by atoms with E-state index in [-0.39, 0.29) is 61.6 Å². The molecule has 0 spiro atoms. The lowest BCUT2D eigenvalue weighted by molar-refractivity contribution is -0.139. The van der Waals surface area contributed by atoms with Crippen LogP contribution in [0, 0.1) is 30.1 Å². The molecule has 0 bridgehead atoms. The third kappa shape index (κ3) is 7.27. The highest BCUT2D eigenvalue weighted by atomic mass is 35.5. The van der Waals surface area contributed by atoms with Gasteiger partial charge in [0.25, 0.3) is 5.56 Å². The van der Waals surface area contributed by atoms with E-state index < -0.39 is 47.1 Å². The van der Waals surface area contributed by atoms with E-state index in [1.807, 2.05) is 0 Å². The minimum atomic E-state index is -4.94. The maximum atomic E-state index is 14.4. The molecule has 0 atom stereocenters. The summed E-state index contributed by atoms with van der Waals surface area (Å²) in [7, 11) is 0. The molecule has 17 heteroatoms. The zero-order valence-corrected chi connectivity index (χ0v) is 28.6. The van der Waals surface area contributed by atoms with Gasteiger partial charge in [0, 0.05) is 66.0 Å². The molecule has 1 saturated heterocycles. The first-order valence-electron chi connectivity index (χ1n) is 15.5. The monoisotopic (exact) mass is 758 g/mol. The number of nitriles is 1. The van der Waals surface area contributed by atoms with Gasteiger partial charge in [-0.05, 0) is 37.3 Å². The number of piperazine rings is 1. The second-order valence-corrected chi connectivity index (χ2v) is 13.2. The molecule has 0 amide bonds. The maximum Gasteiger partial charge on any atom is 0.418 e. The van der Waals surface area contributed by atoms with E-state index in [0.29, 0.717) is 31.9 Å². The van der Waals surface area contributed by atoms with E-state index in [4.69, 9.17) is 11.6 Å². The fourth-order valence-electron chi connectivity index (χ4n) is 6.16. The third-order valence-electron chi connectivity index (χ3n) is 8.64. The Bertz CT molecular complexity index is 2400. The average molecular weight is 759 g/mol. The van der Waals surface area contributed by atoms with Gasteiger partial charge in [0.1, 0.15) is 11.9 Å². The molecule has 3 aromatic heterocycles. The van der Waals surface area contributed by atoms with Crippen LogP contribution in [0.3, 0.4) is 0 Å². The molecule has 9 nitrogen and oxygen atoms in total. The summed E-state index contributed by atoms with van der Waals surface area (Å²) < 4.78 is 83.4. The number of aromatic carboxylic acids is 1. The standard InChI is InChI=1S/C35H25ClF6N6O3S/c1-19-45-27-16-26(35(40,41)42)30(47-13-11-46(12-14-47)10-7-34(37,38)39)24(17-43)28(27)32(49)48(19)9-2-3-20-4-5-21(36)15-23(20)22-6-8-44-29-25(33(50)51)18-52-31(22)29/h4-6,8,15-16,18H,7,9-14H2,1H3,(H,50,51). The molecule has 1 aliphatic rings. The van der Waals surface area contributed by atoms with Crippen LogP contribution < -0.4 is 10.5 Å². The summed E-state index contributed by atoms with van der Waals surface area (Å²) in [4.78, 5) is 36.9. The van der Waals surface area contributed by atoms with Gasteiger partial charge in [-0.25, -0.2) is 9.78 Å². The SMILES string of the molecule is Cc1nc2cc(C(F)(F)F)c(N3CCN(CCC(F)(F)F)CC3)c(C#N)c2c(=O)n1CC#Cc1ccc(Cl)cc1-c1ccnc2c(C(=O)O)csc12. The first-order valence-corrected chi connectivity index (χ1v) is 16.8. The predicted molar refractivity (Wildman–Crippen MR) is 184 cm³/mol. The zero-order valence-electron chi connectivity index (χ0n) is 27.0. The number of alkyl halides is 6. The minimum Gasteiger partial charge on any atom is -0.478 e. The van der Waals surface area contributed by atoms with Crippen LogP contribution >= 0.6 is 22.9 Å². The van der Waals surface area contributed by atoms with Gasteiger partial charge in [0.05, 0.1) is 56.5 Å². The van der Waals surface area contributed by atoms with Crippen molar-refractivity contribution >= 4 is 55.7 Å². The number of aromatic nitrogens is 3. The number of benzene rings is 2. The van der Waals surface area contributed by atoms with Gasteiger partial charge in [0.15, 0.2) is 0 Å². The van der Waals surface area contributed by atoms with Crippen molar-refractivity contribution in [2.45, 2.75) is 32.2 Å². The van der Waals surface area contributed by atoms with E-state index in [9.17, 15) is 46.3 Å². The number of hydrogen-bond acceptors (Lipinski definition) is 8. The largest absolute Gasteiger partial charge is 0.478 e. The van der Waals surface area contributed by atoms with Gasteiger partial charge in [-0.2, -0.15) is 31.6 Å². The smallest absolute Gasteiger partial charge is 0.418 e. The number of carboxylic acid groups (broad SMARTS) is 1. The Morgan fingerprint density at radius 3 is 2.46 bits per heavy atom. The number of anilines is 1. The highest BCUT2D eigenvalue weighted by Crippen LogP contribution is 2.42. The predicted octanol–water partition coefficient (Wildman–Crippen LogP) is 7.35. The number of thiophene rings is 1. The topological polar surface area (TPSA) is 115 Å². The van der Waals surface area contributed by atoms with Gasteiger partial charge < -0.3 is 10.0 Å². The first kappa shape index (κ1) is 36.6. The van der Waals surface area contributed by atoms with Crippen LogP contribution in [-0.2, 0) is 12.7 Å². The van der Waals surface area contributed by atoms with Crippen LogP contribution in [0.5, 0.6) is 0 Å². The van der Waals surface area contributed by atoms with E-state index in [2.05, 4.69) is 21.8 Å². The van der Waals surface area contributed by atoms with Crippen molar-refractivity contribution in [3.63, 3.8) is 0 Å². The second kappa shape index (κ2) is 14.1. The van der Waals surface area contributed by atoms with Crippen LogP contribution in [0.25, 0.3) is 32.2 Å². The van der Waals surface area contributed by atoms with E-state index in [1.54, 1.807) is 30.3 Å². The molecule has 0 unspecified atom stereocenters. The molecule has 2 aromatic carbocycles. The van der Waals surface area contributed by atoms with E-state index in [0.717, 1.165) is 10.6 Å². The van der Waals surface area contributed by atoms with Crippen molar-refractivity contribution in [2.24, 2.45) is 0 Å². The van der Waals surface area contributed by atoms with Gasteiger partial charge in [-0.3, -0.25) is 19.2 Å². The van der Waals surface area contributed by atoms with Crippen LogP contribution in [0.2, 0.25) is 5.02 Å². The maximum absolute atomic E-state index is 14.4. The summed E-state index contributed by atoms with van der Waals surface area (Å²) in [6.07, 6.45) is -8.92. The van der Waals surface area contributed by atoms with Crippen LogP contribution in [-0.4, -0.2) is 69.4 Å². The lowest BCUT2D eigenvalue weighted by atomic mass is 9.99. The molecule has 0 saturated carbocycles. The number of pyridine rings is 1. The van der Waals surface area contributed by atoms with Crippen LogP contribution in [0.4, 0.5) is 32.0 Å². The number of carbonyl (C=O) groups is 1. The van der Waals surface area contributed by atoms with E-state index >= 15 is 0 Å². The third-order valence-corrected chi connectivity index (χ3v) is 9.88. The Labute approximate surface area is 300 Å². The Morgan fingerprint density at radius 1 is 1.08 bits per heavy atom. The van der Waals surface area contributed by atoms with Crippen molar-refractivity contribution < 1.29 is 36.2 Å². The molecule has 6 rings (SSSR count). The second-order valence-electron chi connectivity index (χ2n) is 11.9. The van der Waals surface area contributed by atoms with Crippen molar-refractivity contribution in [1.82, 2.24) is 19.4 Å². The highest BCUT2D eigenvalue weighted by molar-refractivity contribution is 7.18. The fourth-order valence-corrected chi connectivity index (χ4v) is 7.36. The number of halogens is 7. The number of nitrogens with zero attached hydrogens (tertiary/aromatic N) is 6. The van der Waals surface area contributed by atoms with Crippen molar-refractivity contribution in [1.29, 1.82) is 5.26 Å². The summed E-state index contributed by atoms with van der Waals surface area (Å²) in [5, 5.41) is 21.3. The van der Waals surface area contributed by atoms with Gasteiger partial charge in [-0.15, -0.1) is 11.3 Å². The molecule has 1 fully saturated rings. The van der Waals surface area contributed by atoms with E-state index in [1.165, 1.54) is 39.6 Å². The average Bonchev–Trinajstić information content (AvgIpc) is 3.53. The molecule has 1 aliphatic heterocycles. The molecule has 1 N–H and O–H groups in total. The molecular formula is C35H25ClF6N6O3S. The molecule has 52 heavy (non-hydrogen) atoms. The highest BCUT2D eigenvalue weighted by Gasteiger charge is 2.39. The van der Waals surface area contributed by atoms with Crippen LogP contribution in [0.15, 0.2) is 46.7 Å².